The molecule has 1 aliphatic rings. The van der Waals surface area contributed by atoms with Gasteiger partial charge in [-0.1, -0.05) is 12.1 Å². The number of nitro benzene ring substituents is 1. The molecular formula is C11H10F4N2O2. The van der Waals surface area contributed by atoms with Gasteiger partial charge in [-0.15, -0.1) is 0 Å². The van der Waals surface area contributed by atoms with Gasteiger partial charge in [-0.05, 0) is 12.8 Å². The quantitative estimate of drug-likeness (QED) is 0.523. The molecule has 0 aliphatic heterocycles. The molecule has 0 heterocycles. The Bertz CT molecular complexity index is 512. The zero-order valence-electron chi connectivity index (χ0n) is 9.63. The molecule has 8 heteroatoms. The molecule has 0 spiro atoms. The minimum absolute atomic E-state index is 0.0625. The molecule has 0 radical (unpaired) electrons. The number of halogens is 4. The Hall–Kier alpha value is -1.70. The van der Waals surface area contributed by atoms with Crippen molar-refractivity contribution in [2.75, 3.05) is 0 Å². The van der Waals surface area contributed by atoms with E-state index in [0.29, 0.717) is 0 Å². The summed E-state index contributed by atoms with van der Waals surface area (Å²) in [5.74, 6) is -1.10. The summed E-state index contributed by atoms with van der Waals surface area (Å²) < 4.78 is 51.6. The smallest absolute Gasteiger partial charge is 0.299 e. The van der Waals surface area contributed by atoms with Crippen LogP contribution in [-0.4, -0.2) is 16.6 Å². The largest absolute Gasteiger partial charge is 0.406 e. The van der Waals surface area contributed by atoms with E-state index in [1.807, 2.05) is 0 Å². The van der Waals surface area contributed by atoms with Crippen LogP contribution in [0.15, 0.2) is 18.2 Å². The van der Waals surface area contributed by atoms with Crippen LogP contribution >= 0.6 is 0 Å². The average Bonchev–Trinajstić information content (AvgIpc) is 3.07. The van der Waals surface area contributed by atoms with Crippen molar-refractivity contribution in [1.29, 1.82) is 0 Å². The average molecular weight is 278 g/mol. The van der Waals surface area contributed by atoms with Crippen LogP contribution in [0.3, 0.4) is 0 Å². The molecule has 1 fully saturated rings. The van der Waals surface area contributed by atoms with E-state index in [9.17, 15) is 27.7 Å². The summed E-state index contributed by atoms with van der Waals surface area (Å²) in [5.41, 5.74) is -2.86. The van der Waals surface area contributed by atoms with Crippen molar-refractivity contribution in [2.24, 2.45) is 0 Å². The van der Waals surface area contributed by atoms with Crippen LogP contribution in [0.5, 0.6) is 0 Å². The predicted molar refractivity (Wildman–Crippen MR) is 57.9 cm³/mol. The lowest BCUT2D eigenvalue weighted by atomic mass is 10.1. The van der Waals surface area contributed by atoms with E-state index < -0.39 is 34.7 Å². The molecule has 0 saturated heterocycles. The molecule has 0 aromatic heterocycles. The lowest BCUT2D eigenvalue weighted by molar-refractivity contribution is -0.387. The van der Waals surface area contributed by atoms with Gasteiger partial charge in [-0.2, -0.15) is 17.6 Å². The van der Waals surface area contributed by atoms with Crippen LogP contribution in [0.4, 0.5) is 23.2 Å². The Morgan fingerprint density at radius 1 is 1.37 bits per heavy atom. The zero-order valence-corrected chi connectivity index (χ0v) is 9.63. The summed E-state index contributed by atoms with van der Waals surface area (Å²) in [6.07, 6.45) is -4.52. The van der Waals surface area contributed by atoms with Crippen LogP contribution in [0.2, 0.25) is 0 Å². The van der Waals surface area contributed by atoms with Gasteiger partial charge in [0.05, 0.1) is 4.92 Å². The monoisotopic (exact) mass is 278 g/mol. The predicted octanol–water partition coefficient (Wildman–Crippen LogP) is 2.92. The summed E-state index contributed by atoms with van der Waals surface area (Å²) in [6, 6.07) is 3.43. The fourth-order valence-corrected chi connectivity index (χ4v) is 1.79. The third kappa shape index (κ3) is 2.53. The van der Waals surface area contributed by atoms with E-state index >= 15 is 0 Å². The van der Waals surface area contributed by atoms with Crippen LogP contribution < -0.4 is 5.32 Å². The fourth-order valence-electron chi connectivity index (χ4n) is 1.79. The van der Waals surface area contributed by atoms with Crippen LogP contribution in [-0.2, 0) is 6.54 Å². The maximum atomic E-state index is 13.7. The molecule has 4 nitrogen and oxygen atoms in total. The van der Waals surface area contributed by atoms with Crippen molar-refractivity contribution < 1.29 is 22.5 Å². The van der Waals surface area contributed by atoms with E-state index in [0.717, 1.165) is 6.07 Å². The maximum Gasteiger partial charge on any atom is 0.406 e. The third-order valence-electron chi connectivity index (χ3n) is 3.16. The maximum absolute atomic E-state index is 13.7. The van der Waals surface area contributed by atoms with Crippen molar-refractivity contribution in [1.82, 2.24) is 5.32 Å². The molecule has 0 unspecified atom stereocenters. The lowest BCUT2D eigenvalue weighted by Crippen LogP contribution is -2.44. The first-order chi connectivity index (χ1) is 8.77. The van der Waals surface area contributed by atoms with Gasteiger partial charge in [-0.3, -0.25) is 15.4 Å². The Kier molecular flexibility index (Phi) is 3.21. The molecule has 0 bridgehead atoms. The highest BCUT2D eigenvalue weighted by molar-refractivity contribution is 5.36. The zero-order chi connectivity index (χ0) is 14.3. The van der Waals surface area contributed by atoms with E-state index in [-0.39, 0.29) is 18.4 Å². The summed E-state index contributed by atoms with van der Waals surface area (Å²) in [5, 5.41) is 12.8. The number of nitrogens with one attached hydrogen (secondary N) is 1. The molecule has 1 saturated carbocycles. The molecular weight excluding hydrogens is 268 g/mol. The Morgan fingerprint density at radius 2 is 2.00 bits per heavy atom. The first-order valence-electron chi connectivity index (χ1n) is 5.50. The highest BCUT2D eigenvalue weighted by Crippen LogP contribution is 2.49. The first kappa shape index (κ1) is 13.7. The number of nitro groups is 1. The van der Waals surface area contributed by atoms with Gasteiger partial charge < -0.3 is 0 Å². The van der Waals surface area contributed by atoms with Crippen LogP contribution in [0.1, 0.15) is 18.4 Å². The highest BCUT2D eigenvalue weighted by atomic mass is 19.4. The van der Waals surface area contributed by atoms with E-state index in [1.54, 1.807) is 0 Å². The van der Waals surface area contributed by atoms with Gasteiger partial charge in [0.25, 0.3) is 0 Å². The number of benzene rings is 1. The van der Waals surface area contributed by atoms with Crippen molar-refractivity contribution in [3.63, 3.8) is 0 Å². The lowest BCUT2D eigenvalue weighted by Gasteiger charge is -2.20. The summed E-state index contributed by atoms with van der Waals surface area (Å²) in [6.45, 7) is -0.396. The molecule has 1 aliphatic carbocycles. The Balaban J connectivity index is 2.13. The van der Waals surface area contributed by atoms with Crippen molar-refractivity contribution in [2.45, 2.75) is 31.1 Å². The second-order valence-electron chi connectivity index (χ2n) is 4.44. The number of alkyl halides is 3. The minimum Gasteiger partial charge on any atom is -0.299 e. The third-order valence-corrected chi connectivity index (χ3v) is 3.16. The molecule has 1 N–H and O–H groups in total. The van der Waals surface area contributed by atoms with Gasteiger partial charge >= 0.3 is 11.9 Å². The summed E-state index contributed by atoms with van der Waals surface area (Å²) >= 11 is 0. The first-order valence-corrected chi connectivity index (χ1v) is 5.50. The van der Waals surface area contributed by atoms with Crippen LogP contribution in [0, 0.1) is 15.9 Å². The van der Waals surface area contributed by atoms with Gasteiger partial charge in [0.2, 0.25) is 5.82 Å². The molecule has 104 valence electrons. The second-order valence-corrected chi connectivity index (χ2v) is 4.44. The SMILES string of the molecule is O=[N+]([O-])c1cccc(CNC2(C(F)(F)F)CC2)c1F. The number of rotatable bonds is 4. The number of hydrogen-bond acceptors (Lipinski definition) is 3. The normalized spacial score (nSPS) is 17.3. The molecule has 1 aromatic rings. The van der Waals surface area contributed by atoms with Gasteiger partial charge in [0.1, 0.15) is 5.54 Å². The van der Waals surface area contributed by atoms with Crippen molar-refractivity contribution >= 4 is 5.69 Å². The molecule has 1 aromatic carbocycles. The Labute approximate surface area is 105 Å². The summed E-state index contributed by atoms with van der Waals surface area (Å²) in [7, 11) is 0. The molecule has 0 atom stereocenters. The Morgan fingerprint density at radius 3 is 2.47 bits per heavy atom. The van der Waals surface area contributed by atoms with Gasteiger partial charge in [0, 0.05) is 18.2 Å². The standard InChI is InChI=1S/C11H10F4N2O2/c12-9-7(2-1-3-8(9)17(18)19)6-16-10(4-5-10)11(13,14)15/h1-3,16H,4-6H2. The van der Waals surface area contributed by atoms with Gasteiger partial charge in [-0.25, -0.2) is 0 Å². The molecule has 19 heavy (non-hydrogen) atoms. The highest BCUT2D eigenvalue weighted by Gasteiger charge is 2.62. The van der Waals surface area contributed by atoms with E-state index in [4.69, 9.17) is 0 Å². The molecule has 2 rings (SSSR count). The number of nitrogens with zero attached hydrogens (tertiary/aromatic N) is 1. The van der Waals surface area contributed by atoms with Crippen molar-refractivity contribution in [3.05, 3.63) is 39.7 Å². The number of hydrogen-bond donors (Lipinski definition) is 1. The fraction of sp³-hybridized carbons (Fsp3) is 0.455. The second kappa shape index (κ2) is 4.44. The van der Waals surface area contributed by atoms with Crippen molar-refractivity contribution in [3.8, 4) is 0 Å². The van der Waals surface area contributed by atoms with Crippen LogP contribution in [0.25, 0.3) is 0 Å². The van der Waals surface area contributed by atoms with Gasteiger partial charge in [0.15, 0.2) is 0 Å². The molecule has 0 amide bonds. The topological polar surface area (TPSA) is 55.2 Å². The summed E-state index contributed by atoms with van der Waals surface area (Å²) in [4.78, 5) is 9.60. The van der Waals surface area contributed by atoms with E-state index in [2.05, 4.69) is 5.32 Å². The minimum atomic E-state index is -4.40. The van der Waals surface area contributed by atoms with E-state index in [1.165, 1.54) is 12.1 Å².